The van der Waals surface area contributed by atoms with Gasteiger partial charge in [-0.05, 0) is 43.5 Å². The first-order chi connectivity index (χ1) is 7.65. The minimum Gasteiger partial charge on any atom is -0.494 e. The van der Waals surface area contributed by atoms with Crippen LogP contribution in [0.25, 0.3) is 0 Å². The molecule has 0 spiro atoms. The molecule has 1 aromatic carbocycles. The molecule has 90 valence electrons. The molecule has 0 aromatic heterocycles. The third-order valence-corrected chi connectivity index (χ3v) is 2.83. The van der Waals surface area contributed by atoms with Crippen molar-refractivity contribution >= 4 is 5.69 Å². The van der Waals surface area contributed by atoms with Gasteiger partial charge in [0.1, 0.15) is 5.75 Å². The van der Waals surface area contributed by atoms with Crippen molar-refractivity contribution in [3.8, 4) is 5.75 Å². The highest BCUT2D eigenvalue weighted by Gasteiger charge is 2.02. The molecule has 16 heavy (non-hydrogen) atoms. The molecule has 0 aliphatic heterocycles. The van der Waals surface area contributed by atoms with E-state index in [1.54, 1.807) is 0 Å². The minimum absolute atomic E-state index is 0.808. The molecule has 1 rings (SSSR count). The molecule has 0 heterocycles. The second kappa shape index (κ2) is 6.41. The Morgan fingerprint density at radius 3 is 2.25 bits per heavy atom. The van der Waals surface area contributed by atoms with Gasteiger partial charge in [0.25, 0.3) is 0 Å². The molecule has 0 saturated carbocycles. The van der Waals surface area contributed by atoms with E-state index < -0.39 is 0 Å². The van der Waals surface area contributed by atoms with Crippen LogP contribution in [0.2, 0.25) is 0 Å². The van der Waals surface area contributed by atoms with Gasteiger partial charge in [0.05, 0.1) is 6.61 Å². The first-order valence-corrected chi connectivity index (χ1v) is 6.14. The number of hydrogen-bond donors (Lipinski definition) is 1. The van der Waals surface area contributed by atoms with Crippen LogP contribution in [-0.2, 0) is 0 Å². The summed E-state index contributed by atoms with van der Waals surface area (Å²) in [6.45, 7) is 7.06. The Morgan fingerprint density at radius 2 is 1.69 bits per heavy atom. The Labute approximate surface area is 98.8 Å². The highest BCUT2D eigenvalue weighted by atomic mass is 16.5. The standard InChI is InChI=1S/C14H23NO/c1-4-5-6-7-8-16-13-9-11(2)14(15)12(3)10-13/h9-10H,4-8,15H2,1-3H3. The van der Waals surface area contributed by atoms with E-state index in [1.165, 1.54) is 19.3 Å². The third kappa shape index (κ3) is 3.76. The number of hydrogen-bond acceptors (Lipinski definition) is 2. The van der Waals surface area contributed by atoms with Crippen LogP contribution in [0.3, 0.4) is 0 Å². The Morgan fingerprint density at radius 1 is 1.06 bits per heavy atom. The maximum atomic E-state index is 5.89. The van der Waals surface area contributed by atoms with Gasteiger partial charge in [0.2, 0.25) is 0 Å². The number of ether oxygens (including phenoxy) is 1. The van der Waals surface area contributed by atoms with Crippen molar-refractivity contribution < 1.29 is 4.74 Å². The van der Waals surface area contributed by atoms with Crippen LogP contribution in [0.1, 0.15) is 43.7 Å². The molecule has 0 aliphatic rings. The summed E-state index contributed by atoms with van der Waals surface area (Å²) in [7, 11) is 0. The normalized spacial score (nSPS) is 10.4. The molecular formula is C14H23NO. The number of nitrogen functional groups attached to an aromatic ring is 1. The van der Waals surface area contributed by atoms with Crippen LogP contribution in [0, 0.1) is 13.8 Å². The van der Waals surface area contributed by atoms with E-state index in [0.29, 0.717) is 0 Å². The lowest BCUT2D eigenvalue weighted by molar-refractivity contribution is 0.305. The molecule has 0 atom stereocenters. The molecule has 0 radical (unpaired) electrons. The SMILES string of the molecule is CCCCCCOc1cc(C)c(N)c(C)c1. The molecule has 2 N–H and O–H groups in total. The summed E-state index contributed by atoms with van der Waals surface area (Å²) >= 11 is 0. The average molecular weight is 221 g/mol. The Hall–Kier alpha value is -1.18. The maximum absolute atomic E-state index is 5.89. The third-order valence-electron chi connectivity index (χ3n) is 2.83. The lowest BCUT2D eigenvalue weighted by atomic mass is 10.1. The van der Waals surface area contributed by atoms with Gasteiger partial charge in [0, 0.05) is 5.69 Å². The van der Waals surface area contributed by atoms with Crippen molar-refractivity contribution in [2.75, 3.05) is 12.3 Å². The second-order valence-electron chi connectivity index (χ2n) is 4.38. The summed E-state index contributed by atoms with van der Waals surface area (Å²) in [5.41, 5.74) is 8.96. The van der Waals surface area contributed by atoms with Gasteiger partial charge in [0.15, 0.2) is 0 Å². The molecule has 1 aromatic rings. The highest BCUT2D eigenvalue weighted by molar-refractivity contribution is 5.55. The summed E-state index contributed by atoms with van der Waals surface area (Å²) < 4.78 is 5.71. The summed E-state index contributed by atoms with van der Waals surface area (Å²) in [4.78, 5) is 0. The first kappa shape index (κ1) is 12.9. The molecule has 2 heteroatoms. The van der Waals surface area contributed by atoms with E-state index >= 15 is 0 Å². The summed E-state index contributed by atoms with van der Waals surface area (Å²) in [5.74, 6) is 0.945. The van der Waals surface area contributed by atoms with Crippen LogP contribution in [0.15, 0.2) is 12.1 Å². The molecule has 0 saturated heterocycles. The van der Waals surface area contributed by atoms with E-state index in [9.17, 15) is 0 Å². The van der Waals surface area contributed by atoms with E-state index in [1.807, 2.05) is 26.0 Å². The number of anilines is 1. The molecule has 0 bridgehead atoms. The fourth-order valence-electron chi connectivity index (χ4n) is 1.74. The zero-order valence-electron chi connectivity index (χ0n) is 10.7. The first-order valence-electron chi connectivity index (χ1n) is 6.14. The smallest absolute Gasteiger partial charge is 0.119 e. The fourth-order valence-corrected chi connectivity index (χ4v) is 1.74. The van der Waals surface area contributed by atoms with Crippen molar-refractivity contribution in [1.29, 1.82) is 0 Å². The van der Waals surface area contributed by atoms with Gasteiger partial charge in [-0.15, -0.1) is 0 Å². The molecule has 0 unspecified atom stereocenters. The zero-order valence-corrected chi connectivity index (χ0v) is 10.7. The lowest BCUT2D eigenvalue weighted by Gasteiger charge is -2.10. The zero-order chi connectivity index (χ0) is 12.0. The Bertz CT molecular complexity index is 311. The van der Waals surface area contributed by atoms with E-state index in [4.69, 9.17) is 10.5 Å². The minimum atomic E-state index is 0.808. The molecule has 2 nitrogen and oxygen atoms in total. The topological polar surface area (TPSA) is 35.2 Å². The Balaban J connectivity index is 2.43. The van der Waals surface area contributed by atoms with Crippen LogP contribution >= 0.6 is 0 Å². The average Bonchev–Trinajstić information content (AvgIpc) is 2.25. The van der Waals surface area contributed by atoms with Gasteiger partial charge in [-0.25, -0.2) is 0 Å². The molecular weight excluding hydrogens is 198 g/mol. The number of nitrogens with two attached hydrogens (primary N) is 1. The highest BCUT2D eigenvalue weighted by Crippen LogP contribution is 2.23. The van der Waals surface area contributed by atoms with Crippen LogP contribution < -0.4 is 10.5 Å². The molecule has 0 fully saturated rings. The lowest BCUT2D eigenvalue weighted by Crippen LogP contribution is -2.00. The summed E-state index contributed by atoms with van der Waals surface area (Å²) in [6.07, 6.45) is 4.95. The predicted octanol–water partition coefficient (Wildman–Crippen LogP) is 3.84. The molecule has 0 amide bonds. The summed E-state index contributed by atoms with van der Waals surface area (Å²) in [6, 6.07) is 4.03. The number of benzene rings is 1. The quantitative estimate of drug-likeness (QED) is 0.585. The van der Waals surface area contributed by atoms with Crippen molar-refractivity contribution in [3.63, 3.8) is 0 Å². The largest absolute Gasteiger partial charge is 0.494 e. The van der Waals surface area contributed by atoms with Gasteiger partial charge < -0.3 is 10.5 Å². The Kier molecular flexibility index (Phi) is 5.17. The van der Waals surface area contributed by atoms with Gasteiger partial charge >= 0.3 is 0 Å². The van der Waals surface area contributed by atoms with Crippen LogP contribution in [0.4, 0.5) is 5.69 Å². The monoisotopic (exact) mass is 221 g/mol. The van der Waals surface area contributed by atoms with Crippen molar-refractivity contribution in [2.24, 2.45) is 0 Å². The van der Waals surface area contributed by atoms with E-state index in [-0.39, 0.29) is 0 Å². The maximum Gasteiger partial charge on any atom is 0.119 e. The van der Waals surface area contributed by atoms with Gasteiger partial charge in [-0.2, -0.15) is 0 Å². The molecule has 0 aliphatic carbocycles. The van der Waals surface area contributed by atoms with Crippen molar-refractivity contribution in [1.82, 2.24) is 0 Å². The summed E-state index contributed by atoms with van der Waals surface area (Å²) in [5, 5.41) is 0. The van der Waals surface area contributed by atoms with Crippen LogP contribution in [0.5, 0.6) is 5.75 Å². The van der Waals surface area contributed by atoms with Crippen LogP contribution in [-0.4, -0.2) is 6.61 Å². The number of rotatable bonds is 6. The predicted molar refractivity (Wildman–Crippen MR) is 70.0 cm³/mol. The fraction of sp³-hybridized carbons (Fsp3) is 0.571. The number of aryl methyl sites for hydroxylation is 2. The number of unbranched alkanes of at least 4 members (excludes halogenated alkanes) is 3. The second-order valence-corrected chi connectivity index (χ2v) is 4.38. The van der Waals surface area contributed by atoms with E-state index in [0.717, 1.165) is 35.6 Å². The van der Waals surface area contributed by atoms with Crippen molar-refractivity contribution in [2.45, 2.75) is 46.5 Å². The van der Waals surface area contributed by atoms with E-state index in [2.05, 4.69) is 6.92 Å². The van der Waals surface area contributed by atoms with Gasteiger partial charge in [-0.1, -0.05) is 26.2 Å². The van der Waals surface area contributed by atoms with Crippen molar-refractivity contribution in [3.05, 3.63) is 23.3 Å². The van der Waals surface area contributed by atoms with Gasteiger partial charge in [-0.3, -0.25) is 0 Å².